The number of hydrogen-bond donors (Lipinski definition) is 3. The van der Waals surface area contributed by atoms with Gasteiger partial charge in [0.2, 0.25) is 5.91 Å². The van der Waals surface area contributed by atoms with E-state index in [1.165, 1.54) is 5.56 Å². The lowest BCUT2D eigenvalue weighted by atomic mass is 9.80. The Bertz CT molecular complexity index is 1120. The van der Waals surface area contributed by atoms with E-state index in [1.807, 2.05) is 56.3 Å². The highest BCUT2D eigenvalue weighted by Crippen LogP contribution is 2.39. The number of benzene rings is 3. The van der Waals surface area contributed by atoms with Gasteiger partial charge in [-0.25, -0.2) is 0 Å². The van der Waals surface area contributed by atoms with Crippen molar-refractivity contribution in [3.63, 3.8) is 0 Å². The van der Waals surface area contributed by atoms with Crippen molar-refractivity contribution >= 4 is 5.91 Å². The highest BCUT2D eigenvalue weighted by atomic mass is 16.5. The van der Waals surface area contributed by atoms with Crippen LogP contribution >= 0.6 is 0 Å². The second-order valence-corrected chi connectivity index (χ2v) is 9.11. The molecule has 0 saturated carbocycles. The molecular formula is C28H32N2O3. The first-order valence-corrected chi connectivity index (χ1v) is 11.5. The molecule has 5 heteroatoms. The van der Waals surface area contributed by atoms with Gasteiger partial charge in [0.05, 0.1) is 12.1 Å². The predicted molar refractivity (Wildman–Crippen MR) is 131 cm³/mol. The summed E-state index contributed by atoms with van der Waals surface area (Å²) in [5.41, 5.74) is 11.5. The minimum atomic E-state index is -0.668. The van der Waals surface area contributed by atoms with Crippen LogP contribution in [0.5, 0.6) is 17.2 Å². The van der Waals surface area contributed by atoms with E-state index >= 15 is 0 Å². The van der Waals surface area contributed by atoms with Gasteiger partial charge < -0.3 is 20.9 Å². The molecule has 0 radical (unpaired) electrons. The van der Waals surface area contributed by atoms with Crippen molar-refractivity contribution in [3.05, 3.63) is 88.5 Å². The number of para-hydroxylation sites is 1. The van der Waals surface area contributed by atoms with E-state index in [-0.39, 0.29) is 17.7 Å². The van der Waals surface area contributed by atoms with Crippen LogP contribution in [0.1, 0.15) is 59.5 Å². The molecule has 3 atom stereocenters. The van der Waals surface area contributed by atoms with E-state index in [2.05, 4.69) is 18.3 Å². The summed E-state index contributed by atoms with van der Waals surface area (Å²) in [5, 5.41) is 13.0. The number of hydrogen-bond acceptors (Lipinski definition) is 4. The minimum Gasteiger partial charge on any atom is -0.508 e. The number of aromatic hydroxyl groups is 1. The first kappa shape index (κ1) is 22.9. The summed E-state index contributed by atoms with van der Waals surface area (Å²) in [4.78, 5) is 13.1. The molecule has 5 nitrogen and oxygen atoms in total. The molecule has 0 heterocycles. The van der Waals surface area contributed by atoms with Gasteiger partial charge in [-0.15, -0.1) is 0 Å². The molecule has 3 aromatic rings. The van der Waals surface area contributed by atoms with Crippen molar-refractivity contribution in [3.8, 4) is 17.2 Å². The first-order valence-electron chi connectivity index (χ1n) is 11.5. The Morgan fingerprint density at radius 1 is 1.03 bits per heavy atom. The average molecular weight is 445 g/mol. The van der Waals surface area contributed by atoms with Gasteiger partial charge >= 0.3 is 0 Å². The Labute approximate surface area is 195 Å². The third-order valence-electron chi connectivity index (χ3n) is 6.59. The summed E-state index contributed by atoms with van der Waals surface area (Å²) in [6.07, 6.45) is 2.29. The second-order valence-electron chi connectivity index (χ2n) is 9.11. The topological polar surface area (TPSA) is 84.6 Å². The zero-order chi connectivity index (χ0) is 23.5. The summed E-state index contributed by atoms with van der Waals surface area (Å²) < 4.78 is 6.04. The van der Waals surface area contributed by atoms with Crippen LogP contribution in [-0.2, 0) is 11.2 Å². The van der Waals surface area contributed by atoms with E-state index in [0.717, 1.165) is 46.6 Å². The van der Waals surface area contributed by atoms with Gasteiger partial charge in [0.15, 0.2) is 0 Å². The van der Waals surface area contributed by atoms with Crippen LogP contribution in [0.4, 0.5) is 0 Å². The molecule has 3 unspecified atom stereocenters. The fourth-order valence-corrected chi connectivity index (χ4v) is 4.75. The molecular weight excluding hydrogens is 412 g/mol. The van der Waals surface area contributed by atoms with Gasteiger partial charge in [0.1, 0.15) is 17.2 Å². The molecule has 0 fully saturated rings. The van der Waals surface area contributed by atoms with Crippen LogP contribution in [0.3, 0.4) is 0 Å². The number of phenolic OH excluding ortho intramolecular Hbond substituents is 1. The molecule has 172 valence electrons. The lowest BCUT2D eigenvalue weighted by Crippen LogP contribution is -2.44. The average Bonchev–Trinajstić information content (AvgIpc) is 2.78. The number of aryl methyl sites for hydroxylation is 2. The fraction of sp³-hybridized carbons (Fsp3) is 0.321. The molecule has 0 bridgehead atoms. The number of rotatable bonds is 6. The maximum Gasteiger partial charge on any atom is 0.237 e. The van der Waals surface area contributed by atoms with Crippen LogP contribution in [0, 0.1) is 13.8 Å². The summed E-state index contributed by atoms with van der Waals surface area (Å²) in [5.74, 6) is 2.03. The summed E-state index contributed by atoms with van der Waals surface area (Å²) in [6, 6.07) is 18.5. The summed E-state index contributed by atoms with van der Waals surface area (Å²) >= 11 is 0. The van der Waals surface area contributed by atoms with Gasteiger partial charge in [-0.05, 0) is 103 Å². The van der Waals surface area contributed by atoms with Gasteiger partial charge in [0, 0.05) is 0 Å². The Balaban J connectivity index is 1.51. The molecule has 3 aromatic carbocycles. The van der Waals surface area contributed by atoms with Gasteiger partial charge in [-0.2, -0.15) is 0 Å². The zero-order valence-corrected chi connectivity index (χ0v) is 19.5. The molecule has 0 spiro atoms. The molecule has 4 N–H and O–H groups in total. The number of fused-ring (bicyclic) bond motifs is 1. The third-order valence-corrected chi connectivity index (χ3v) is 6.59. The molecule has 0 aromatic heterocycles. The standard InChI is InChI=1S/C28H32N2O3/c1-17-9-12-27(25-15-22(10-11-23(17)25)33-21-7-5-4-6-8-21)30-28(32)26(29)16-24-18(2)13-20(31)14-19(24)3/h4-8,10-11,13-15,17,26-27,31H,9,12,16,29H2,1-3H3,(H,30,32). The molecule has 33 heavy (non-hydrogen) atoms. The van der Waals surface area contributed by atoms with Crippen LogP contribution in [0.15, 0.2) is 60.7 Å². The number of ether oxygens (including phenoxy) is 1. The maximum atomic E-state index is 13.1. The third kappa shape index (κ3) is 5.20. The molecule has 0 saturated heterocycles. The van der Waals surface area contributed by atoms with Crippen molar-refractivity contribution in [2.24, 2.45) is 5.73 Å². The zero-order valence-electron chi connectivity index (χ0n) is 19.5. The van der Waals surface area contributed by atoms with Crippen LogP contribution in [-0.4, -0.2) is 17.1 Å². The van der Waals surface area contributed by atoms with E-state index < -0.39 is 6.04 Å². The number of carbonyl (C=O) groups excluding carboxylic acids is 1. The SMILES string of the molecule is Cc1cc(O)cc(C)c1CC(N)C(=O)NC1CCC(C)c2ccc(Oc3ccccc3)cc21. The number of carbonyl (C=O) groups is 1. The van der Waals surface area contributed by atoms with Crippen molar-refractivity contribution < 1.29 is 14.6 Å². The summed E-state index contributed by atoms with van der Waals surface area (Å²) in [7, 11) is 0. The monoisotopic (exact) mass is 444 g/mol. The molecule has 0 aliphatic heterocycles. The number of nitrogens with one attached hydrogen (secondary N) is 1. The van der Waals surface area contributed by atoms with E-state index in [4.69, 9.17) is 10.5 Å². The number of nitrogens with two attached hydrogens (primary N) is 1. The Morgan fingerprint density at radius 3 is 2.42 bits per heavy atom. The molecule has 4 rings (SSSR count). The number of phenols is 1. The lowest BCUT2D eigenvalue weighted by Gasteiger charge is -2.31. The highest BCUT2D eigenvalue weighted by molar-refractivity contribution is 5.82. The van der Waals surface area contributed by atoms with Crippen molar-refractivity contribution in [2.75, 3.05) is 0 Å². The van der Waals surface area contributed by atoms with E-state index in [1.54, 1.807) is 12.1 Å². The predicted octanol–water partition coefficient (Wildman–Crippen LogP) is 5.43. The van der Waals surface area contributed by atoms with Gasteiger partial charge in [-0.3, -0.25) is 4.79 Å². The van der Waals surface area contributed by atoms with Crippen LogP contribution < -0.4 is 15.8 Å². The maximum absolute atomic E-state index is 13.1. The van der Waals surface area contributed by atoms with Crippen molar-refractivity contribution in [1.29, 1.82) is 0 Å². The second kappa shape index (κ2) is 9.67. The Morgan fingerprint density at radius 2 is 1.73 bits per heavy atom. The molecule has 1 aliphatic carbocycles. The van der Waals surface area contributed by atoms with E-state index in [9.17, 15) is 9.90 Å². The Hall–Kier alpha value is -3.31. The lowest BCUT2D eigenvalue weighted by molar-refractivity contribution is -0.123. The molecule has 1 aliphatic rings. The van der Waals surface area contributed by atoms with Crippen molar-refractivity contribution in [1.82, 2.24) is 5.32 Å². The Kier molecular flexibility index (Phi) is 6.70. The van der Waals surface area contributed by atoms with Crippen molar-refractivity contribution in [2.45, 2.75) is 58.0 Å². The smallest absolute Gasteiger partial charge is 0.237 e. The van der Waals surface area contributed by atoms with E-state index in [0.29, 0.717) is 12.3 Å². The van der Waals surface area contributed by atoms with Gasteiger partial charge in [-0.1, -0.05) is 31.2 Å². The fourth-order valence-electron chi connectivity index (χ4n) is 4.75. The van der Waals surface area contributed by atoms with Crippen LogP contribution in [0.2, 0.25) is 0 Å². The van der Waals surface area contributed by atoms with Crippen LogP contribution in [0.25, 0.3) is 0 Å². The normalized spacial score (nSPS) is 18.3. The quantitative estimate of drug-likeness (QED) is 0.474. The number of amides is 1. The highest BCUT2D eigenvalue weighted by Gasteiger charge is 2.28. The first-order chi connectivity index (χ1) is 15.8. The van der Waals surface area contributed by atoms with Gasteiger partial charge in [0.25, 0.3) is 0 Å². The summed E-state index contributed by atoms with van der Waals surface area (Å²) in [6.45, 7) is 6.08. The minimum absolute atomic E-state index is 0.101. The largest absolute Gasteiger partial charge is 0.508 e. The molecule has 1 amide bonds.